The van der Waals surface area contributed by atoms with Crippen LogP contribution in [0.15, 0.2) is 0 Å². The van der Waals surface area contributed by atoms with E-state index in [0.717, 1.165) is 12.8 Å². The van der Waals surface area contributed by atoms with Gasteiger partial charge in [-0.1, -0.05) is 71.1 Å². The summed E-state index contributed by atoms with van der Waals surface area (Å²) in [7, 11) is 0. The van der Waals surface area contributed by atoms with Crippen molar-refractivity contribution < 1.29 is 50.8 Å². The Kier molecular flexibility index (Phi) is 17.0. The fourth-order valence-electron chi connectivity index (χ4n) is 2.19. The summed E-state index contributed by atoms with van der Waals surface area (Å²) in [5.74, 6) is -3.67. The number of carboxylic acid groups (broad SMARTS) is 2. The second-order valence-electron chi connectivity index (χ2n) is 5.20. The zero-order valence-electron chi connectivity index (χ0n) is 14.1. The van der Waals surface area contributed by atoms with Crippen LogP contribution in [0.1, 0.15) is 79.0 Å². The number of carboxylic acids is 2. The molecule has 0 saturated carbocycles. The molecule has 0 saturated heterocycles. The Balaban J connectivity index is -0.00000162. The normalized spacial score (nSPS) is 10.3. The summed E-state index contributed by atoms with van der Waals surface area (Å²) >= 11 is 0. The van der Waals surface area contributed by atoms with Gasteiger partial charge in [0.2, 0.25) is 0 Å². The van der Waals surface area contributed by atoms with E-state index in [1.165, 1.54) is 44.9 Å². The van der Waals surface area contributed by atoms with Gasteiger partial charge in [0.05, 0.1) is 0 Å². The van der Waals surface area contributed by atoms with Crippen LogP contribution in [0, 0.1) is 5.92 Å². The monoisotopic (exact) mass is 296 g/mol. The van der Waals surface area contributed by atoms with Crippen molar-refractivity contribution in [1.29, 1.82) is 0 Å². The van der Waals surface area contributed by atoms with Gasteiger partial charge in [-0.25, -0.2) is 0 Å². The first-order valence-corrected chi connectivity index (χ1v) is 7.55. The summed E-state index contributed by atoms with van der Waals surface area (Å²) in [6.07, 6.45) is 11.9. The van der Waals surface area contributed by atoms with Gasteiger partial charge >= 0.3 is 41.5 Å². The third-order valence-electron chi connectivity index (χ3n) is 3.44. The second-order valence-corrected chi connectivity index (χ2v) is 5.20. The molecular weight excluding hydrogens is 267 g/mol. The Morgan fingerprint density at radius 3 is 1.50 bits per heavy atom. The van der Waals surface area contributed by atoms with Gasteiger partial charge in [-0.2, -0.15) is 0 Å². The molecule has 0 heterocycles. The Labute approximate surface area is 146 Å². The zero-order valence-corrected chi connectivity index (χ0v) is 15.1. The Hall–Kier alpha value is -0.0600. The van der Waals surface area contributed by atoms with E-state index in [2.05, 4.69) is 6.92 Å². The molecule has 5 heteroatoms. The summed E-state index contributed by atoms with van der Waals surface area (Å²) in [4.78, 5) is 21.3. The van der Waals surface area contributed by atoms with E-state index in [9.17, 15) is 9.59 Å². The van der Waals surface area contributed by atoms with E-state index >= 15 is 0 Å². The average molecular weight is 296 g/mol. The van der Waals surface area contributed by atoms with Crippen LogP contribution < -0.4 is 29.6 Å². The van der Waals surface area contributed by atoms with Crippen molar-refractivity contribution >= 4 is 11.9 Å². The Bertz CT molecular complexity index is 248. The van der Waals surface area contributed by atoms with E-state index < -0.39 is 17.9 Å². The van der Waals surface area contributed by atoms with Gasteiger partial charge < -0.3 is 11.6 Å². The fraction of sp³-hybridized carbons (Fsp3) is 0.867. The predicted molar refractivity (Wildman–Crippen MR) is 76.3 cm³/mol. The number of unbranched alkanes of at least 4 members (excludes halogenated alkanes) is 9. The molecule has 0 aliphatic carbocycles. The van der Waals surface area contributed by atoms with E-state index in [0.29, 0.717) is 6.42 Å². The van der Waals surface area contributed by atoms with Crippen LogP contribution in [-0.4, -0.2) is 22.2 Å². The minimum absolute atomic E-state index is 0. The van der Waals surface area contributed by atoms with Crippen LogP contribution in [0.3, 0.4) is 0 Å². The van der Waals surface area contributed by atoms with Crippen molar-refractivity contribution in [3.63, 3.8) is 0 Å². The number of hydrogen-bond donors (Lipinski definition) is 2. The number of carbonyl (C=O) groups is 2. The molecule has 2 N–H and O–H groups in total. The van der Waals surface area contributed by atoms with Crippen LogP contribution in [0.4, 0.5) is 0 Å². The van der Waals surface area contributed by atoms with Crippen LogP contribution in [0.25, 0.3) is 0 Å². The van der Waals surface area contributed by atoms with Crippen molar-refractivity contribution in [2.24, 2.45) is 5.92 Å². The van der Waals surface area contributed by atoms with Crippen molar-refractivity contribution in [1.82, 2.24) is 0 Å². The van der Waals surface area contributed by atoms with Gasteiger partial charge in [-0.3, -0.25) is 9.59 Å². The van der Waals surface area contributed by atoms with E-state index in [1.807, 2.05) is 0 Å². The maximum Gasteiger partial charge on any atom is 1.00 e. The molecule has 0 aromatic carbocycles. The first-order chi connectivity index (χ1) is 9.09. The van der Waals surface area contributed by atoms with Crippen LogP contribution in [-0.2, 0) is 9.59 Å². The SMILES string of the molecule is CCCCCCCCCCCCC(C(=O)O)C(=O)O.[H-].[Na+]. The quantitative estimate of drug-likeness (QED) is 0.304. The maximum absolute atomic E-state index is 10.7. The van der Waals surface area contributed by atoms with Gasteiger partial charge in [0.25, 0.3) is 0 Å². The van der Waals surface area contributed by atoms with Crippen molar-refractivity contribution in [3.8, 4) is 0 Å². The molecule has 0 rings (SSSR count). The summed E-state index contributed by atoms with van der Waals surface area (Å²) in [6, 6.07) is 0. The zero-order chi connectivity index (χ0) is 14.5. The molecule has 0 aliphatic rings. The van der Waals surface area contributed by atoms with E-state index in [-0.39, 0.29) is 37.4 Å². The molecule has 114 valence electrons. The van der Waals surface area contributed by atoms with Crippen LogP contribution >= 0.6 is 0 Å². The first kappa shape index (κ1) is 22.2. The van der Waals surface area contributed by atoms with Crippen molar-refractivity contribution in [2.45, 2.75) is 77.6 Å². The number of rotatable bonds is 13. The molecular formula is C15H29NaO4. The molecule has 0 aromatic rings. The fourth-order valence-corrected chi connectivity index (χ4v) is 2.19. The summed E-state index contributed by atoms with van der Waals surface area (Å²) in [5.41, 5.74) is 0. The molecule has 0 fully saturated rings. The predicted octanol–water partition coefficient (Wildman–Crippen LogP) is 1.20. The summed E-state index contributed by atoms with van der Waals surface area (Å²) < 4.78 is 0. The second kappa shape index (κ2) is 15.3. The van der Waals surface area contributed by atoms with Crippen molar-refractivity contribution in [2.75, 3.05) is 0 Å². The van der Waals surface area contributed by atoms with Crippen LogP contribution in [0.5, 0.6) is 0 Å². The van der Waals surface area contributed by atoms with Crippen molar-refractivity contribution in [3.05, 3.63) is 0 Å². The molecule has 0 unspecified atom stereocenters. The molecule has 0 radical (unpaired) electrons. The summed E-state index contributed by atoms with van der Waals surface area (Å²) in [5, 5.41) is 17.4. The van der Waals surface area contributed by atoms with Crippen LogP contribution in [0.2, 0.25) is 0 Å². The van der Waals surface area contributed by atoms with E-state index in [4.69, 9.17) is 10.2 Å². The molecule has 20 heavy (non-hydrogen) atoms. The first-order valence-electron chi connectivity index (χ1n) is 7.55. The minimum Gasteiger partial charge on any atom is -1.00 e. The molecule has 0 bridgehead atoms. The standard InChI is InChI=1S/C15H28O4.Na.H/c1-2-3-4-5-6-7-8-9-10-11-12-13(14(16)17)15(18)19;;/h13H,2-12H2,1H3,(H,16,17)(H,18,19);;/q;+1;-1. The van der Waals surface area contributed by atoms with Gasteiger partial charge in [-0.05, 0) is 6.42 Å². The molecule has 0 amide bonds. The van der Waals surface area contributed by atoms with Gasteiger partial charge in [0, 0.05) is 0 Å². The van der Waals surface area contributed by atoms with Gasteiger partial charge in [0.1, 0.15) is 0 Å². The minimum atomic E-state index is -1.23. The average Bonchev–Trinajstić information content (AvgIpc) is 2.35. The molecule has 0 aliphatic heterocycles. The molecule has 0 atom stereocenters. The number of aliphatic carboxylic acids is 2. The topological polar surface area (TPSA) is 74.6 Å². The molecule has 4 nitrogen and oxygen atoms in total. The Morgan fingerprint density at radius 1 is 0.800 bits per heavy atom. The molecule has 0 spiro atoms. The Morgan fingerprint density at radius 2 is 1.15 bits per heavy atom. The largest absolute Gasteiger partial charge is 1.00 e. The van der Waals surface area contributed by atoms with Gasteiger partial charge in [-0.15, -0.1) is 0 Å². The molecule has 0 aromatic heterocycles. The third kappa shape index (κ3) is 12.9. The third-order valence-corrected chi connectivity index (χ3v) is 3.44. The van der Waals surface area contributed by atoms with E-state index in [1.54, 1.807) is 0 Å². The summed E-state index contributed by atoms with van der Waals surface area (Å²) in [6.45, 7) is 2.21. The van der Waals surface area contributed by atoms with Gasteiger partial charge in [0.15, 0.2) is 5.92 Å². The number of hydrogen-bond acceptors (Lipinski definition) is 2. The smallest absolute Gasteiger partial charge is 1.00 e. The maximum atomic E-state index is 10.7.